The largest absolute Gasteiger partial charge is 0.378 e. The molecule has 0 atom stereocenters. The SMILES string of the molecule is CCN(/C=C/C=C/c1ccc(C(C#N)=C(C#N)C#N)s1)CC. The smallest absolute Gasteiger partial charge is 0.148 e. The second-order valence-electron chi connectivity index (χ2n) is 4.21. The van der Waals surface area contributed by atoms with Gasteiger partial charge in [-0.25, -0.2) is 0 Å². The second kappa shape index (κ2) is 9.19. The summed E-state index contributed by atoms with van der Waals surface area (Å²) in [7, 11) is 0. The van der Waals surface area contributed by atoms with E-state index in [9.17, 15) is 0 Å². The summed E-state index contributed by atoms with van der Waals surface area (Å²) < 4.78 is 0. The normalized spacial score (nSPS) is 10.1. The summed E-state index contributed by atoms with van der Waals surface area (Å²) >= 11 is 1.38. The fraction of sp³-hybridized carbons (Fsp3) is 0.235. The maximum Gasteiger partial charge on any atom is 0.148 e. The number of rotatable bonds is 6. The van der Waals surface area contributed by atoms with E-state index in [1.807, 2.05) is 36.6 Å². The highest BCUT2D eigenvalue weighted by molar-refractivity contribution is 7.14. The van der Waals surface area contributed by atoms with Gasteiger partial charge in [-0.2, -0.15) is 15.8 Å². The van der Waals surface area contributed by atoms with Crippen LogP contribution in [0.3, 0.4) is 0 Å². The minimum Gasteiger partial charge on any atom is -0.378 e. The van der Waals surface area contributed by atoms with Crippen molar-refractivity contribution in [1.29, 1.82) is 15.8 Å². The summed E-state index contributed by atoms with van der Waals surface area (Å²) in [5, 5.41) is 26.8. The molecule has 1 rings (SSSR count). The van der Waals surface area contributed by atoms with Crippen LogP contribution in [-0.4, -0.2) is 18.0 Å². The van der Waals surface area contributed by atoms with Gasteiger partial charge in [0.05, 0.1) is 5.57 Å². The molecule has 5 heteroatoms. The number of nitriles is 3. The molecule has 0 bridgehead atoms. The first kappa shape index (κ1) is 17.2. The lowest BCUT2D eigenvalue weighted by atomic mass is 10.1. The van der Waals surface area contributed by atoms with Crippen molar-refractivity contribution in [1.82, 2.24) is 4.90 Å². The van der Waals surface area contributed by atoms with E-state index in [-0.39, 0.29) is 11.1 Å². The van der Waals surface area contributed by atoms with Crippen LogP contribution in [0, 0.1) is 34.0 Å². The van der Waals surface area contributed by atoms with Crippen LogP contribution < -0.4 is 0 Å². The number of hydrogen-bond donors (Lipinski definition) is 0. The summed E-state index contributed by atoms with van der Waals surface area (Å²) in [5.74, 6) is 0. The van der Waals surface area contributed by atoms with Gasteiger partial charge in [0.1, 0.15) is 23.8 Å². The molecule has 0 N–H and O–H groups in total. The average Bonchev–Trinajstić information content (AvgIpc) is 3.01. The summed E-state index contributed by atoms with van der Waals surface area (Å²) in [5.41, 5.74) is -0.0188. The predicted molar refractivity (Wildman–Crippen MR) is 89.2 cm³/mol. The number of allylic oxidation sites excluding steroid dienone is 4. The molecule has 4 nitrogen and oxygen atoms in total. The molecule has 0 spiro atoms. The lowest BCUT2D eigenvalue weighted by Crippen LogP contribution is -2.14. The highest BCUT2D eigenvalue weighted by Gasteiger charge is 2.10. The molecule has 0 amide bonds. The van der Waals surface area contributed by atoms with Crippen LogP contribution in [0.5, 0.6) is 0 Å². The predicted octanol–water partition coefficient (Wildman–Crippen LogP) is 3.94. The van der Waals surface area contributed by atoms with E-state index in [0.29, 0.717) is 4.88 Å². The molecule has 0 aliphatic rings. The van der Waals surface area contributed by atoms with Gasteiger partial charge in [0.15, 0.2) is 0 Å². The van der Waals surface area contributed by atoms with E-state index in [4.69, 9.17) is 15.8 Å². The fourth-order valence-electron chi connectivity index (χ4n) is 1.70. The minimum atomic E-state index is -0.152. The van der Waals surface area contributed by atoms with E-state index in [0.717, 1.165) is 18.0 Å². The molecule has 1 aromatic rings. The van der Waals surface area contributed by atoms with Crippen molar-refractivity contribution in [3.63, 3.8) is 0 Å². The third kappa shape index (κ3) is 4.63. The quantitative estimate of drug-likeness (QED) is 0.589. The van der Waals surface area contributed by atoms with Gasteiger partial charge in [-0.3, -0.25) is 0 Å². The number of thiophene rings is 1. The van der Waals surface area contributed by atoms with E-state index in [1.165, 1.54) is 11.3 Å². The molecular weight excluding hydrogens is 292 g/mol. The van der Waals surface area contributed by atoms with E-state index >= 15 is 0 Å². The molecule has 0 unspecified atom stereocenters. The van der Waals surface area contributed by atoms with Crippen molar-refractivity contribution in [3.05, 3.63) is 45.8 Å². The Morgan fingerprint density at radius 2 is 1.77 bits per heavy atom. The van der Waals surface area contributed by atoms with Crippen molar-refractivity contribution >= 4 is 23.0 Å². The van der Waals surface area contributed by atoms with Gasteiger partial charge in [0.2, 0.25) is 0 Å². The van der Waals surface area contributed by atoms with Crippen LogP contribution in [-0.2, 0) is 0 Å². The zero-order valence-corrected chi connectivity index (χ0v) is 13.4. The van der Waals surface area contributed by atoms with Gasteiger partial charge < -0.3 is 4.90 Å². The van der Waals surface area contributed by atoms with Crippen LogP contribution >= 0.6 is 11.3 Å². The molecule has 0 aliphatic carbocycles. The zero-order valence-electron chi connectivity index (χ0n) is 12.6. The third-order valence-corrected chi connectivity index (χ3v) is 4.01. The molecule has 0 radical (unpaired) electrons. The van der Waals surface area contributed by atoms with E-state index < -0.39 is 0 Å². The maximum absolute atomic E-state index is 9.11. The molecule has 1 aromatic heterocycles. The molecule has 0 fully saturated rings. The average molecular weight is 308 g/mol. The Bertz CT molecular complexity index is 697. The molecule has 0 aliphatic heterocycles. The van der Waals surface area contributed by atoms with Crippen LogP contribution in [0.4, 0.5) is 0 Å². The summed E-state index contributed by atoms with van der Waals surface area (Å²) in [6, 6.07) is 9.07. The Hall–Kier alpha value is -2.81. The summed E-state index contributed by atoms with van der Waals surface area (Å²) in [6.07, 6.45) is 7.85. The van der Waals surface area contributed by atoms with E-state index in [1.54, 1.807) is 18.2 Å². The van der Waals surface area contributed by atoms with Crippen molar-refractivity contribution in [2.45, 2.75) is 13.8 Å². The summed E-state index contributed by atoms with van der Waals surface area (Å²) in [4.78, 5) is 3.77. The third-order valence-electron chi connectivity index (χ3n) is 2.94. The molecule has 0 aromatic carbocycles. The molecule has 110 valence electrons. The highest BCUT2D eigenvalue weighted by atomic mass is 32.1. The topological polar surface area (TPSA) is 74.6 Å². The zero-order chi connectivity index (χ0) is 16.4. The van der Waals surface area contributed by atoms with Gasteiger partial charge in [0.25, 0.3) is 0 Å². The van der Waals surface area contributed by atoms with Gasteiger partial charge in [0, 0.05) is 22.8 Å². The molecule has 22 heavy (non-hydrogen) atoms. The fourth-order valence-corrected chi connectivity index (χ4v) is 2.63. The summed E-state index contributed by atoms with van der Waals surface area (Å²) in [6.45, 7) is 6.12. The standard InChI is InChI=1S/C17H16N4S/c1-3-21(4-2)10-6-5-7-15-8-9-17(22-15)16(13-20)14(11-18)12-19/h5-10H,3-4H2,1-2H3/b7-5+,10-6+. The molecular formula is C17H16N4S. The Morgan fingerprint density at radius 1 is 1.09 bits per heavy atom. The monoisotopic (exact) mass is 308 g/mol. The van der Waals surface area contributed by atoms with Gasteiger partial charge in [-0.1, -0.05) is 6.08 Å². The Kier molecular flexibility index (Phi) is 7.20. The minimum absolute atomic E-state index is 0.133. The van der Waals surface area contributed by atoms with Crippen molar-refractivity contribution in [2.24, 2.45) is 0 Å². The first-order valence-electron chi connectivity index (χ1n) is 6.83. The Balaban J connectivity index is 2.91. The van der Waals surface area contributed by atoms with Gasteiger partial charge in [-0.05, 0) is 44.3 Å². The first-order chi connectivity index (χ1) is 10.7. The molecule has 0 saturated heterocycles. The Morgan fingerprint density at radius 3 is 2.32 bits per heavy atom. The number of hydrogen-bond acceptors (Lipinski definition) is 5. The molecule has 0 saturated carbocycles. The Labute approximate surface area is 135 Å². The van der Waals surface area contributed by atoms with Crippen LogP contribution in [0.15, 0.2) is 36.1 Å². The van der Waals surface area contributed by atoms with Crippen LogP contribution in [0.1, 0.15) is 23.6 Å². The second-order valence-corrected chi connectivity index (χ2v) is 5.32. The molecule has 1 heterocycles. The van der Waals surface area contributed by atoms with Gasteiger partial charge in [-0.15, -0.1) is 11.3 Å². The van der Waals surface area contributed by atoms with Gasteiger partial charge >= 0.3 is 0 Å². The highest BCUT2D eigenvalue weighted by Crippen LogP contribution is 2.27. The lowest BCUT2D eigenvalue weighted by Gasteiger charge is -2.13. The number of nitrogens with zero attached hydrogens (tertiary/aromatic N) is 4. The van der Waals surface area contributed by atoms with Crippen LogP contribution in [0.2, 0.25) is 0 Å². The first-order valence-corrected chi connectivity index (χ1v) is 7.65. The lowest BCUT2D eigenvalue weighted by molar-refractivity contribution is 0.419. The van der Waals surface area contributed by atoms with Crippen molar-refractivity contribution < 1.29 is 0 Å². The van der Waals surface area contributed by atoms with Crippen LogP contribution in [0.25, 0.3) is 11.6 Å². The van der Waals surface area contributed by atoms with Crippen molar-refractivity contribution in [2.75, 3.05) is 13.1 Å². The van der Waals surface area contributed by atoms with E-state index in [2.05, 4.69) is 18.7 Å². The van der Waals surface area contributed by atoms with Crippen molar-refractivity contribution in [3.8, 4) is 18.2 Å². The maximum atomic E-state index is 9.11.